The molecule has 0 spiro atoms. The molecular formula is C18H20N2O. The van der Waals surface area contributed by atoms with E-state index in [1.807, 2.05) is 18.3 Å². The molecule has 0 saturated carbocycles. The highest BCUT2D eigenvalue weighted by atomic mass is 16.5. The van der Waals surface area contributed by atoms with Gasteiger partial charge in [-0.25, -0.2) is 0 Å². The van der Waals surface area contributed by atoms with Gasteiger partial charge in [-0.05, 0) is 61.1 Å². The normalized spacial score (nSPS) is 20.4. The Morgan fingerprint density at radius 1 is 1.24 bits per heavy atom. The molecule has 21 heavy (non-hydrogen) atoms. The lowest BCUT2D eigenvalue weighted by Crippen LogP contribution is -2.39. The largest absolute Gasteiger partial charge is 0.497 e. The average Bonchev–Trinajstić information content (AvgIpc) is 2.56. The van der Waals surface area contributed by atoms with E-state index in [2.05, 4.69) is 28.1 Å². The molecule has 1 aromatic carbocycles. The number of piperidine rings is 3. The summed E-state index contributed by atoms with van der Waals surface area (Å²) in [6.07, 6.45) is 8.21. The third kappa shape index (κ3) is 2.27. The number of methoxy groups -OCH3 is 1. The number of benzene rings is 1. The summed E-state index contributed by atoms with van der Waals surface area (Å²) in [5, 5.41) is 1.17. The Bertz CT molecular complexity index is 699. The summed E-state index contributed by atoms with van der Waals surface area (Å²) < 4.78 is 5.36. The highest BCUT2D eigenvalue weighted by Crippen LogP contribution is 2.36. The van der Waals surface area contributed by atoms with E-state index in [0.717, 1.165) is 17.2 Å². The molecule has 3 heteroatoms. The zero-order valence-corrected chi connectivity index (χ0v) is 12.4. The molecular weight excluding hydrogens is 260 g/mol. The molecule has 3 aliphatic rings. The van der Waals surface area contributed by atoms with Crippen molar-refractivity contribution in [2.24, 2.45) is 5.92 Å². The van der Waals surface area contributed by atoms with Gasteiger partial charge in [0.2, 0.25) is 0 Å². The van der Waals surface area contributed by atoms with E-state index in [1.165, 1.54) is 49.0 Å². The van der Waals surface area contributed by atoms with Gasteiger partial charge in [0.15, 0.2) is 0 Å². The predicted octanol–water partition coefficient (Wildman–Crippen LogP) is 3.70. The maximum atomic E-state index is 5.36. The lowest BCUT2D eigenvalue weighted by molar-refractivity contribution is 0.163. The predicted molar refractivity (Wildman–Crippen MR) is 85.2 cm³/mol. The van der Waals surface area contributed by atoms with E-state index in [4.69, 9.17) is 4.74 Å². The van der Waals surface area contributed by atoms with Crippen LogP contribution in [0.5, 0.6) is 5.75 Å². The number of allylic oxidation sites excluding steroid dienone is 1. The maximum absolute atomic E-state index is 5.36. The van der Waals surface area contributed by atoms with Gasteiger partial charge in [0, 0.05) is 30.4 Å². The number of ether oxygens (including phenoxy) is 1. The Kier molecular flexibility index (Phi) is 3.06. The van der Waals surface area contributed by atoms with E-state index >= 15 is 0 Å². The van der Waals surface area contributed by atoms with Gasteiger partial charge in [-0.15, -0.1) is 0 Å². The molecule has 4 heterocycles. The minimum atomic E-state index is 0.889. The first kappa shape index (κ1) is 12.7. The van der Waals surface area contributed by atoms with Crippen LogP contribution in [0.2, 0.25) is 0 Å². The van der Waals surface area contributed by atoms with Gasteiger partial charge >= 0.3 is 0 Å². The van der Waals surface area contributed by atoms with Crippen LogP contribution < -0.4 is 4.74 Å². The zero-order chi connectivity index (χ0) is 14.2. The Morgan fingerprint density at radius 3 is 2.81 bits per heavy atom. The number of aromatic nitrogens is 1. The van der Waals surface area contributed by atoms with Crippen molar-refractivity contribution >= 4 is 17.0 Å². The first-order valence-electron chi connectivity index (χ1n) is 7.72. The Morgan fingerprint density at radius 2 is 2.10 bits per heavy atom. The Labute approximate surface area is 125 Å². The molecule has 2 aromatic rings. The van der Waals surface area contributed by atoms with E-state index in [0.29, 0.717) is 0 Å². The van der Waals surface area contributed by atoms with Crippen molar-refractivity contribution in [2.75, 3.05) is 20.2 Å². The van der Waals surface area contributed by atoms with Gasteiger partial charge in [0.25, 0.3) is 0 Å². The molecule has 3 fully saturated rings. The van der Waals surface area contributed by atoms with Gasteiger partial charge in [0.05, 0.1) is 12.6 Å². The van der Waals surface area contributed by atoms with Gasteiger partial charge in [0.1, 0.15) is 5.75 Å². The quantitative estimate of drug-likeness (QED) is 0.838. The van der Waals surface area contributed by atoms with E-state index < -0.39 is 0 Å². The number of hydrogen-bond acceptors (Lipinski definition) is 3. The SMILES string of the molecule is COc1ccc2nccc(/C=C3\CC4CCN3CC4)c2c1. The van der Waals surface area contributed by atoms with Crippen molar-refractivity contribution in [3.63, 3.8) is 0 Å². The summed E-state index contributed by atoms with van der Waals surface area (Å²) in [4.78, 5) is 7.01. The summed E-state index contributed by atoms with van der Waals surface area (Å²) >= 11 is 0. The molecule has 0 radical (unpaired) electrons. The fourth-order valence-corrected chi connectivity index (χ4v) is 3.58. The second-order valence-electron chi connectivity index (χ2n) is 6.05. The molecule has 0 aliphatic carbocycles. The maximum Gasteiger partial charge on any atom is 0.119 e. The fraction of sp³-hybridized carbons (Fsp3) is 0.389. The summed E-state index contributed by atoms with van der Waals surface area (Å²) in [7, 11) is 1.71. The van der Waals surface area contributed by atoms with Gasteiger partial charge in [-0.1, -0.05) is 0 Å². The molecule has 2 bridgehead atoms. The van der Waals surface area contributed by atoms with Crippen molar-refractivity contribution in [3.8, 4) is 5.75 Å². The molecule has 0 atom stereocenters. The van der Waals surface area contributed by atoms with Crippen LogP contribution in [0.25, 0.3) is 17.0 Å². The Balaban J connectivity index is 1.79. The van der Waals surface area contributed by atoms with Crippen LogP contribution in [0.1, 0.15) is 24.8 Å². The minimum absolute atomic E-state index is 0.889. The van der Waals surface area contributed by atoms with E-state index in [1.54, 1.807) is 7.11 Å². The highest BCUT2D eigenvalue weighted by molar-refractivity contribution is 5.89. The molecule has 1 aromatic heterocycles. The van der Waals surface area contributed by atoms with E-state index in [9.17, 15) is 0 Å². The summed E-state index contributed by atoms with van der Waals surface area (Å²) in [6.45, 7) is 2.45. The van der Waals surface area contributed by atoms with Crippen molar-refractivity contribution in [2.45, 2.75) is 19.3 Å². The Hall–Kier alpha value is -2.03. The lowest BCUT2D eigenvalue weighted by Gasteiger charge is -2.42. The van der Waals surface area contributed by atoms with Crippen LogP contribution in [-0.4, -0.2) is 30.1 Å². The monoisotopic (exact) mass is 280 g/mol. The summed E-state index contributed by atoms with van der Waals surface area (Å²) in [5.41, 5.74) is 3.77. The molecule has 3 aliphatic heterocycles. The topological polar surface area (TPSA) is 25.4 Å². The molecule has 0 unspecified atom stereocenters. The number of hydrogen-bond donors (Lipinski definition) is 0. The van der Waals surface area contributed by atoms with Crippen molar-refractivity contribution < 1.29 is 4.74 Å². The highest BCUT2D eigenvalue weighted by Gasteiger charge is 2.28. The average molecular weight is 280 g/mol. The summed E-state index contributed by atoms with van der Waals surface area (Å²) in [6, 6.07) is 8.20. The van der Waals surface area contributed by atoms with E-state index in [-0.39, 0.29) is 0 Å². The number of nitrogens with zero attached hydrogens (tertiary/aromatic N) is 2. The van der Waals surface area contributed by atoms with Gasteiger partial charge in [-0.3, -0.25) is 4.98 Å². The molecule has 108 valence electrons. The van der Waals surface area contributed by atoms with Gasteiger partial charge < -0.3 is 9.64 Å². The molecule has 0 N–H and O–H groups in total. The van der Waals surface area contributed by atoms with Crippen molar-refractivity contribution in [1.82, 2.24) is 9.88 Å². The van der Waals surface area contributed by atoms with Gasteiger partial charge in [-0.2, -0.15) is 0 Å². The zero-order valence-electron chi connectivity index (χ0n) is 12.4. The van der Waals surface area contributed by atoms with Crippen LogP contribution in [0.15, 0.2) is 36.2 Å². The first-order valence-corrected chi connectivity index (χ1v) is 7.72. The minimum Gasteiger partial charge on any atom is -0.497 e. The van der Waals surface area contributed by atoms with Crippen LogP contribution in [0.3, 0.4) is 0 Å². The third-order valence-corrected chi connectivity index (χ3v) is 4.82. The second-order valence-corrected chi connectivity index (χ2v) is 6.05. The summed E-state index contributed by atoms with van der Waals surface area (Å²) in [5.74, 6) is 1.78. The van der Waals surface area contributed by atoms with Crippen LogP contribution in [0, 0.1) is 5.92 Å². The van der Waals surface area contributed by atoms with Crippen molar-refractivity contribution in [3.05, 3.63) is 41.7 Å². The first-order chi connectivity index (χ1) is 10.3. The number of rotatable bonds is 2. The third-order valence-electron chi connectivity index (χ3n) is 4.82. The standard InChI is InChI=1S/C18H20N2O/c1-21-16-2-3-18-17(12-16)14(4-7-19-18)11-15-10-13-5-8-20(15)9-6-13/h2-4,7,11-13H,5-6,8-10H2,1H3/b15-11+. The number of pyridine rings is 1. The van der Waals surface area contributed by atoms with Crippen molar-refractivity contribution in [1.29, 1.82) is 0 Å². The second kappa shape index (κ2) is 5.06. The molecule has 3 nitrogen and oxygen atoms in total. The molecule has 5 rings (SSSR count). The molecule has 3 saturated heterocycles. The lowest BCUT2D eigenvalue weighted by atomic mass is 9.85. The van der Waals surface area contributed by atoms with Crippen LogP contribution in [-0.2, 0) is 0 Å². The molecule has 0 amide bonds. The fourth-order valence-electron chi connectivity index (χ4n) is 3.58. The number of fused-ring (bicyclic) bond motifs is 4. The smallest absolute Gasteiger partial charge is 0.119 e. The van der Waals surface area contributed by atoms with Crippen LogP contribution >= 0.6 is 0 Å². The van der Waals surface area contributed by atoms with Crippen LogP contribution in [0.4, 0.5) is 0 Å².